The van der Waals surface area contributed by atoms with Crippen molar-refractivity contribution in [1.29, 1.82) is 0 Å². The summed E-state index contributed by atoms with van der Waals surface area (Å²) in [6.45, 7) is 16.5. The monoisotopic (exact) mass is 950 g/mol. The van der Waals surface area contributed by atoms with E-state index in [2.05, 4.69) is 57.5 Å². The number of aliphatic hydroxyl groups is 2. The number of hydrogen-bond donors (Lipinski definition) is 6. The van der Waals surface area contributed by atoms with Crippen LogP contribution in [-0.4, -0.2) is 83.6 Å². The predicted octanol–water partition coefficient (Wildman–Crippen LogP) is 9.46. The molecule has 6 N–H and O–H groups in total. The first-order valence-corrected chi connectivity index (χ1v) is 28.4. The Bertz CT molecular complexity index is 1780. The Morgan fingerprint density at radius 2 is 1.10 bits per heavy atom. The molecule has 68 heavy (non-hydrogen) atoms. The first-order valence-electron chi connectivity index (χ1n) is 28.4. The maximum absolute atomic E-state index is 12.9. The number of carbonyl (C=O) groups excluding carboxylic acids is 3. The van der Waals surface area contributed by atoms with E-state index in [9.17, 15) is 34.5 Å². The van der Waals surface area contributed by atoms with E-state index in [0.29, 0.717) is 103 Å². The highest BCUT2D eigenvalue weighted by Crippen LogP contribution is 2.70. The van der Waals surface area contributed by atoms with Crippen molar-refractivity contribution in [2.24, 2.45) is 92.7 Å². The zero-order valence-corrected chi connectivity index (χ0v) is 43.3. The fourth-order valence-corrected chi connectivity index (χ4v) is 19.1. The molecule has 6 unspecified atom stereocenters. The molecule has 386 valence electrons. The van der Waals surface area contributed by atoms with Gasteiger partial charge in [0.05, 0.1) is 24.9 Å². The third kappa shape index (κ3) is 10.4. The number of amides is 3. The lowest BCUT2D eigenvalue weighted by Crippen LogP contribution is -2.58. The molecule has 0 aromatic carbocycles. The highest BCUT2D eigenvalue weighted by Gasteiger charge is 2.64. The Balaban J connectivity index is 0.659. The molecule has 8 fully saturated rings. The number of hydrogen-bond acceptors (Lipinski definition) is 7. The zero-order valence-electron chi connectivity index (χ0n) is 43.3. The first-order chi connectivity index (χ1) is 32.4. The normalized spacial score (nSPS) is 43.6. The molecule has 19 atom stereocenters. The van der Waals surface area contributed by atoms with Gasteiger partial charge in [0.25, 0.3) is 0 Å². The summed E-state index contributed by atoms with van der Waals surface area (Å²) < 4.78 is 6.38. The van der Waals surface area contributed by atoms with E-state index in [1.807, 2.05) is 0 Å². The molecule has 8 aliphatic carbocycles. The lowest BCUT2D eigenvalue weighted by molar-refractivity contribution is -0.174. The quantitative estimate of drug-likeness (QED) is 0.0695. The van der Waals surface area contributed by atoms with Gasteiger partial charge < -0.3 is 36.0 Å². The van der Waals surface area contributed by atoms with E-state index in [4.69, 9.17) is 4.74 Å². The largest absolute Gasteiger partial charge is 0.481 e. The molecule has 8 rings (SSSR count). The fraction of sp³-hybridized carbons (Fsp3) is 0.930. The second kappa shape index (κ2) is 21.5. The van der Waals surface area contributed by atoms with Gasteiger partial charge in [-0.05, 0) is 221 Å². The molecule has 0 saturated heterocycles. The second-order valence-corrected chi connectivity index (χ2v) is 25.9. The van der Waals surface area contributed by atoms with E-state index in [-0.39, 0.29) is 66.1 Å². The minimum atomic E-state index is -0.668. The summed E-state index contributed by atoms with van der Waals surface area (Å²) >= 11 is 0. The summed E-state index contributed by atoms with van der Waals surface area (Å²) in [6, 6.07) is 0. The van der Waals surface area contributed by atoms with E-state index < -0.39 is 5.97 Å². The fourth-order valence-electron chi connectivity index (χ4n) is 19.1. The maximum atomic E-state index is 12.9. The summed E-state index contributed by atoms with van der Waals surface area (Å²) in [7, 11) is 0. The lowest BCUT2D eigenvalue weighted by Gasteiger charge is -2.62. The Labute approximate surface area is 410 Å². The Morgan fingerprint density at radius 1 is 0.559 bits per heavy atom. The van der Waals surface area contributed by atoms with E-state index in [0.717, 1.165) is 75.5 Å². The van der Waals surface area contributed by atoms with Gasteiger partial charge in [-0.15, -0.1) is 0 Å². The number of aliphatic hydroxyl groups excluding tert-OH is 2. The predicted molar refractivity (Wildman–Crippen MR) is 265 cm³/mol. The summed E-state index contributed by atoms with van der Waals surface area (Å²) in [5, 5.41) is 40.5. The molecule has 0 spiro atoms. The van der Waals surface area contributed by atoms with Crippen LogP contribution in [0.4, 0.5) is 0 Å². The van der Waals surface area contributed by atoms with Crippen molar-refractivity contribution in [3.63, 3.8) is 0 Å². The number of rotatable bonds is 19. The van der Waals surface area contributed by atoms with Crippen LogP contribution in [0.1, 0.15) is 196 Å². The van der Waals surface area contributed by atoms with Crippen molar-refractivity contribution >= 4 is 23.7 Å². The van der Waals surface area contributed by atoms with Gasteiger partial charge in [0, 0.05) is 45.3 Å². The number of carboxylic acids is 1. The topological polar surface area (TPSA) is 174 Å². The Morgan fingerprint density at radius 3 is 1.81 bits per heavy atom. The average Bonchev–Trinajstić information content (AvgIpc) is 3.86. The molecule has 0 aliphatic heterocycles. The van der Waals surface area contributed by atoms with Gasteiger partial charge in [0.15, 0.2) is 0 Å². The van der Waals surface area contributed by atoms with Gasteiger partial charge in [-0.1, -0.05) is 41.5 Å². The average molecular weight is 950 g/mol. The summed E-state index contributed by atoms with van der Waals surface area (Å²) in [5.74, 6) is 6.32. The van der Waals surface area contributed by atoms with Crippen molar-refractivity contribution < 1.29 is 39.2 Å². The number of fused-ring (bicyclic) bond motifs is 10. The third-order valence-electron chi connectivity index (χ3n) is 22.9. The molecule has 0 aromatic rings. The minimum absolute atomic E-state index is 0.0426. The van der Waals surface area contributed by atoms with Crippen LogP contribution in [0.3, 0.4) is 0 Å². The van der Waals surface area contributed by atoms with Crippen LogP contribution in [0.15, 0.2) is 0 Å². The van der Waals surface area contributed by atoms with Gasteiger partial charge in [0.2, 0.25) is 17.7 Å². The summed E-state index contributed by atoms with van der Waals surface area (Å²) in [4.78, 5) is 49.4. The highest BCUT2D eigenvalue weighted by molar-refractivity contribution is 5.83. The standard InChI is InChI=1S/C57H95N3O8/c1-35(9-21-53(66)67)43-14-16-45-41-12-11-38-33-40(23-26-54(38,3)46(41)24-27-56(43,45)5)68-31-30-60-52(65)20-19-51(64)59-29-7-28-58-50(63)18-8-36(2)44-15-17-47-42-13-10-37-32-39(61)22-25-55(37,4)48(42)34-49(62)57(44,47)6/h35-49,61-62H,7-34H2,1-6H3,(H,58,63)(H,59,64)(H,60,65)(H,66,67)/t35?,36?,37-,38-,39-,40+,41+,42+,43?,44?,45+,46?,47+,48?,49+,54+,55+,56-,57-/m1/s1. The van der Waals surface area contributed by atoms with Gasteiger partial charge in [-0.3, -0.25) is 19.2 Å². The molecule has 3 amide bonds. The minimum Gasteiger partial charge on any atom is -0.481 e. The maximum Gasteiger partial charge on any atom is 0.303 e. The van der Waals surface area contributed by atoms with Crippen molar-refractivity contribution in [3.05, 3.63) is 0 Å². The second-order valence-electron chi connectivity index (χ2n) is 25.9. The molecule has 11 nitrogen and oxygen atoms in total. The number of aliphatic carboxylic acids is 1. The van der Waals surface area contributed by atoms with E-state index in [1.165, 1.54) is 64.2 Å². The number of nitrogens with one attached hydrogen (secondary N) is 3. The van der Waals surface area contributed by atoms with Crippen LogP contribution in [-0.2, 0) is 23.9 Å². The zero-order chi connectivity index (χ0) is 48.6. The molecule has 11 heteroatoms. The number of ether oxygens (including phenoxy) is 1. The first kappa shape index (κ1) is 52.1. The van der Waals surface area contributed by atoms with E-state index >= 15 is 0 Å². The van der Waals surface area contributed by atoms with Crippen LogP contribution >= 0.6 is 0 Å². The molecular formula is C57H95N3O8. The smallest absolute Gasteiger partial charge is 0.303 e. The lowest BCUT2D eigenvalue weighted by atomic mass is 9.43. The molecule has 8 aliphatic rings. The van der Waals surface area contributed by atoms with Crippen LogP contribution in [0, 0.1) is 92.7 Å². The molecule has 0 heterocycles. The van der Waals surface area contributed by atoms with Gasteiger partial charge in [-0.2, -0.15) is 0 Å². The Kier molecular flexibility index (Phi) is 16.4. The van der Waals surface area contributed by atoms with Crippen molar-refractivity contribution in [3.8, 4) is 0 Å². The van der Waals surface area contributed by atoms with Gasteiger partial charge in [0.1, 0.15) is 0 Å². The van der Waals surface area contributed by atoms with Gasteiger partial charge >= 0.3 is 5.97 Å². The number of carbonyl (C=O) groups is 4. The SMILES string of the molecule is CC(CCC(=O)NCCCNC(=O)CCC(=O)NCCO[C@H]1CC[C@]2(C)C3CC[C@]4(C)C(C(C)CCC(=O)O)CC[C@H]4[C@@H]3CC[C@@H]2C1)C1CC[C@H]2[C@@H]3CC[C@@H]4C[C@H](O)CC[C@]4(C)C3C[C@H](O)[C@]12C. The molecule has 0 aromatic heterocycles. The highest BCUT2D eigenvalue weighted by atomic mass is 16.5. The van der Waals surface area contributed by atoms with Crippen LogP contribution in [0.25, 0.3) is 0 Å². The van der Waals surface area contributed by atoms with Crippen molar-refractivity contribution in [2.45, 2.75) is 214 Å². The van der Waals surface area contributed by atoms with Gasteiger partial charge in [-0.25, -0.2) is 0 Å². The molecular weight excluding hydrogens is 855 g/mol. The van der Waals surface area contributed by atoms with Crippen molar-refractivity contribution in [1.82, 2.24) is 16.0 Å². The third-order valence-corrected chi connectivity index (χ3v) is 22.9. The van der Waals surface area contributed by atoms with Crippen LogP contribution in [0.5, 0.6) is 0 Å². The van der Waals surface area contributed by atoms with Crippen molar-refractivity contribution in [2.75, 3.05) is 26.2 Å². The van der Waals surface area contributed by atoms with Crippen LogP contribution in [0.2, 0.25) is 0 Å². The summed E-state index contributed by atoms with van der Waals surface area (Å²) in [5.41, 5.74) is 0.847. The van der Waals surface area contributed by atoms with E-state index in [1.54, 1.807) is 0 Å². The summed E-state index contributed by atoms with van der Waals surface area (Å²) in [6.07, 6.45) is 22.7. The molecule has 0 radical (unpaired) electrons. The number of carboxylic acid groups (broad SMARTS) is 1. The Hall–Kier alpha value is -2.24. The van der Waals surface area contributed by atoms with Crippen LogP contribution < -0.4 is 16.0 Å². The molecule has 0 bridgehead atoms. The molecule has 8 saturated carbocycles.